The van der Waals surface area contributed by atoms with E-state index in [-0.39, 0.29) is 16.8 Å². The molecule has 0 saturated heterocycles. The van der Waals surface area contributed by atoms with Crippen molar-refractivity contribution in [3.63, 3.8) is 0 Å². The van der Waals surface area contributed by atoms with E-state index in [9.17, 15) is 9.59 Å². The number of anilines is 1. The molecule has 8 heteroatoms. The van der Waals surface area contributed by atoms with Crippen LogP contribution in [0, 0.1) is 6.92 Å². The zero-order valence-corrected chi connectivity index (χ0v) is 17.3. The molecule has 6 nitrogen and oxygen atoms in total. The van der Waals surface area contributed by atoms with E-state index in [1.54, 1.807) is 31.2 Å². The molecule has 0 aliphatic carbocycles. The largest absolute Gasteiger partial charge is 0.450 e. The third kappa shape index (κ3) is 2.81. The summed E-state index contributed by atoms with van der Waals surface area (Å²) in [5.74, 6) is 0.404. The van der Waals surface area contributed by atoms with Gasteiger partial charge >= 0.3 is 0 Å². The van der Waals surface area contributed by atoms with Gasteiger partial charge in [0.2, 0.25) is 5.76 Å². The molecule has 0 N–H and O–H groups in total. The predicted octanol–water partition coefficient (Wildman–Crippen LogP) is 5.26. The Morgan fingerprint density at radius 3 is 2.69 bits per heavy atom. The minimum atomic E-state index is -0.709. The fraction of sp³-hybridized carbons (Fsp3) is 0.0952. The molecule has 1 aliphatic heterocycles. The van der Waals surface area contributed by atoms with Gasteiger partial charge in [-0.2, -0.15) is 0 Å². The third-order valence-electron chi connectivity index (χ3n) is 4.86. The Bertz CT molecular complexity index is 1360. The Balaban J connectivity index is 1.84. The van der Waals surface area contributed by atoms with Crippen LogP contribution in [0.4, 0.5) is 5.82 Å². The number of aromatic nitrogens is 1. The first-order chi connectivity index (χ1) is 13.9. The third-order valence-corrected chi connectivity index (χ3v) is 5.59. The topological polar surface area (TPSA) is 76.6 Å². The molecule has 144 valence electrons. The van der Waals surface area contributed by atoms with Gasteiger partial charge in [0.1, 0.15) is 11.3 Å². The summed E-state index contributed by atoms with van der Waals surface area (Å²) in [4.78, 5) is 28.2. The molecule has 2 aromatic heterocycles. The number of nitrogens with zero attached hydrogens (tertiary/aromatic N) is 2. The molecule has 3 heterocycles. The zero-order valence-electron chi connectivity index (χ0n) is 15.0. The van der Waals surface area contributed by atoms with E-state index >= 15 is 0 Å². The van der Waals surface area contributed by atoms with Gasteiger partial charge in [-0.05, 0) is 42.8 Å². The van der Waals surface area contributed by atoms with Gasteiger partial charge in [-0.1, -0.05) is 44.8 Å². The minimum absolute atomic E-state index is 0.00421. The monoisotopic (exact) mass is 470 g/mol. The van der Waals surface area contributed by atoms with Crippen molar-refractivity contribution in [2.45, 2.75) is 13.0 Å². The van der Waals surface area contributed by atoms with Crippen molar-refractivity contribution < 1.29 is 13.7 Å². The highest BCUT2D eigenvalue weighted by Crippen LogP contribution is 2.41. The molecule has 2 aromatic carbocycles. The molecule has 0 unspecified atom stereocenters. The molecule has 0 fully saturated rings. The lowest BCUT2D eigenvalue weighted by atomic mass is 9.98. The number of halogens is 2. The van der Waals surface area contributed by atoms with Crippen molar-refractivity contribution in [3.05, 3.63) is 90.9 Å². The summed E-state index contributed by atoms with van der Waals surface area (Å²) in [5.41, 5.74) is 0.992. The van der Waals surface area contributed by atoms with Gasteiger partial charge in [0.05, 0.1) is 17.0 Å². The molecule has 4 aromatic rings. The van der Waals surface area contributed by atoms with E-state index in [0.717, 1.165) is 10.0 Å². The van der Waals surface area contributed by atoms with E-state index in [0.29, 0.717) is 27.6 Å². The fourth-order valence-electron chi connectivity index (χ4n) is 3.64. The summed E-state index contributed by atoms with van der Waals surface area (Å²) >= 11 is 9.54. The Labute approximate surface area is 177 Å². The van der Waals surface area contributed by atoms with Crippen LogP contribution in [0.25, 0.3) is 11.0 Å². The fourth-order valence-corrected chi connectivity index (χ4v) is 4.23. The number of benzene rings is 2. The van der Waals surface area contributed by atoms with Crippen LogP contribution in [-0.2, 0) is 0 Å². The Kier molecular flexibility index (Phi) is 4.11. The molecular weight excluding hydrogens is 460 g/mol. The summed E-state index contributed by atoms with van der Waals surface area (Å²) in [5, 5.41) is 4.73. The van der Waals surface area contributed by atoms with Crippen molar-refractivity contribution in [2.24, 2.45) is 0 Å². The number of amides is 1. The summed E-state index contributed by atoms with van der Waals surface area (Å²) < 4.78 is 11.9. The molecule has 29 heavy (non-hydrogen) atoms. The molecule has 0 saturated carbocycles. The quantitative estimate of drug-likeness (QED) is 0.399. The number of carbonyl (C=O) groups excluding carboxylic acids is 1. The maximum absolute atomic E-state index is 13.4. The van der Waals surface area contributed by atoms with Crippen molar-refractivity contribution in [1.82, 2.24) is 5.16 Å². The van der Waals surface area contributed by atoms with Crippen molar-refractivity contribution in [3.8, 4) is 0 Å². The van der Waals surface area contributed by atoms with Crippen LogP contribution in [0.5, 0.6) is 0 Å². The summed E-state index contributed by atoms with van der Waals surface area (Å²) in [6.07, 6.45) is 0. The van der Waals surface area contributed by atoms with Crippen molar-refractivity contribution in [2.75, 3.05) is 4.90 Å². The number of aryl methyl sites for hydroxylation is 1. The van der Waals surface area contributed by atoms with Crippen LogP contribution >= 0.6 is 27.5 Å². The highest BCUT2D eigenvalue weighted by Gasteiger charge is 2.44. The standard InChI is InChI=1S/C21H12BrClN2O4/c1-10-7-16(24-29-10)25-18(11-3-2-4-12(22)8-11)17-19(26)14-9-13(23)5-6-15(14)28-20(17)21(25)27/h2-9,18H,1H3/t18-/m1/s1. The van der Waals surface area contributed by atoms with Gasteiger partial charge in [0.15, 0.2) is 11.2 Å². The second-order valence-electron chi connectivity index (χ2n) is 6.74. The summed E-state index contributed by atoms with van der Waals surface area (Å²) in [6.45, 7) is 1.73. The van der Waals surface area contributed by atoms with Gasteiger partial charge in [0.25, 0.3) is 5.91 Å². The van der Waals surface area contributed by atoms with Crippen LogP contribution < -0.4 is 10.3 Å². The van der Waals surface area contributed by atoms with Crippen LogP contribution in [0.3, 0.4) is 0 Å². The lowest BCUT2D eigenvalue weighted by Crippen LogP contribution is -2.29. The molecule has 0 radical (unpaired) electrons. The van der Waals surface area contributed by atoms with Gasteiger partial charge in [-0.25, -0.2) is 0 Å². The van der Waals surface area contributed by atoms with E-state index in [4.69, 9.17) is 20.5 Å². The SMILES string of the molecule is Cc1cc(N2C(=O)c3oc4ccc(Cl)cc4c(=O)c3[C@H]2c2cccc(Br)c2)no1. The molecule has 1 atom stereocenters. The molecule has 0 bridgehead atoms. The first-order valence-corrected chi connectivity index (χ1v) is 9.90. The number of fused-ring (bicyclic) bond motifs is 2. The van der Waals surface area contributed by atoms with E-state index in [1.165, 1.54) is 4.90 Å². The highest BCUT2D eigenvalue weighted by atomic mass is 79.9. The number of hydrogen-bond acceptors (Lipinski definition) is 5. The van der Waals surface area contributed by atoms with E-state index < -0.39 is 11.9 Å². The lowest BCUT2D eigenvalue weighted by molar-refractivity contribution is 0.0969. The normalized spacial score (nSPS) is 15.9. The van der Waals surface area contributed by atoms with E-state index in [1.807, 2.05) is 24.3 Å². The summed E-state index contributed by atoms with van der Waals surface area (Å²) in [6, 6.07) is 13.1. The molecule has 0 spiro atoms. The number of hydrogen-bond donors (Lipinski definition) is 0. The lowest BCUT2D eigenvalue weighted by Gasteiger charge is -2.22. The van der Waals surface area contributed by atoms with Crippen LogP contribution in [0.1, 0.15) is 33.5 Å². The number of rotatable bonds is 2. The average molecular weight is 472 g/mol. The van der Waals surface area contributed by atoms with Crippen LogP contribution in [-0.4, -0.2) is 11.1 Å². The number of carbonyl (C=O) groups is 1. The Hall–Kier alpha value is -2.90. The second kappa shape index (κ2) is 6.57. The van der Waals surface area contributed by atoms with Gasteiger partial charge in [-0.3, -0.25) is 14.5 Å². The van der Waals surface area contributed by atoms with Crippen LogP contribution in [0.15, 0.2) is 66.7 Å². The summed E-state index contributed by atoms with van der Waals surface area (Å²) in [7, 11) is 0. The average Bonchev–Trinajstić information content (AvgIpc) is 3.24. The van der Waals surface area contributed by atoms with Gasteiger partial charge in [-0.15, -0.1) is 0 Å². The maximum Gasteiger partial charge on any atom is 0.296 e. The maximum atomic E-state index is 13.4. The highest BCUT2D eigenvalue weighted by molar-refractivity contribution is 9.10. The first kappa shape index (κ1) is 18.1. The van der Waals surface area contributed by atoms with Gasteiger partial charge in [0, 0.05) is 15.6 Å². The minimum Gasteiger partial charge on any atom is -0.450 e. The van der Waals surface area contributed by atoms with Crippen molar-refractivity contribution >= 4 is 50.2 Å². The second-order valence-corrected chi connectivity index (χ2v) is 8.10. The molecular formula is C21H12BrClN2O4. The van der Waals surface area contributed by atoms with E-state index in [2.05, 4.69) is 21.1 Å². The Morgan fingerprint density at radius 2 is 1.97 bits per heavy atom. The molecule has 1 amide bonds. The Morgan fingerprint density at radius 1 is 1.14 bits per heavy atom. The van der Waals surface area contributed by atoms with Crippen molar-refractivity contribution in [1.29, 1.82) is 0 Å². The first-order valence-electron chi connectivity index (χ1n) is 8.72. The van der Waals surface area contributed by atoms with Crippen LogP contribution in [0.2, 0.25) is 5.02 Å². The zero-order chi connectivity index (χ0) is 20.3. The molecule has 5 rings (SSSR count). The molecule has 1 aliphatic rings. The predicted molar refractivity (Wildman–Crippen MR) is 112 cm³/mol. The smallest absolute Gasteiger partial charge is 0.296 e. The van der Waals surface area contributed by atoms with Gasteiger partial charge < -0.3 is 8.94 Å².